The maximum atomic E-state index is 12.1. The second-order valence-corrected chi connectivity index (χ2v) is 5.18. The minimum atomic E-state index is -0.122. The molecule has 0 aromatic heterocycles. The summed E-state index contributed by atoms with van der Waals surface area (Å²) in [6.45, 7) is 4.34. The first-order valence-corrected chi connectivity index (χ1v) is 7.23. The average Bonchev–Trinajstić information content (AvgIpc) is 2.54. The molecule has 0 fully saturated rings. The Balaban J connectivity index is 1.87. The number of carbonyl (C=O) groups is 1. The fraction of sp³-hybridized carbons (Fsp3) is 0.278. The van der Waals surface area contributed by atoms with Gasteiger partial charge in [-0.05, 0) is 49.7 Å². The van der Waals surface area contributed by atoms with Crippen LogP contribution in [-0.2, 0) is 0 Å². The highest BCUT2D eigenvalue weighted by atomic mass is 16.5. The molecule has 0 aliphatic carbocycles. The van der Waals surface area contributed by atoms with Crippen molar-refractivity contribution < 1.29 is 14.3 Å². The van der Waals surface area contributed by atoms with Crippen molar-refractivity contribution in [2.45, 2.75) is 19.9 Å². The lowest BCUT2D eigenvalue weighted by atomic mass is 10.2. The maximum Gasteiger partial charge on any atom is 0.251 e. The van der Waals surface area contributed by atoms with E-state index in [-0.39, 0.29) is 11.9 Å². The third kappa shape index (κ3) is 4.25. The lowest BCUT2D eigenvalue weighted by Gasteiger charge is -2.16. The smallest absolute Gasteiger partial charge is 0.251 e. The number of hydrogen-bond donors (Lipinski definition) is 1. The van der Waals surface area contributed by atoms with Gasteiger partial charge >= 0.3 is 0 Å². The van der Waals surface area contributed by atoms with Gasteiger partial charge in [-0.15, -0.1) is 0 Å². The van der Waals surface area contributed by atoms with Gasteiger partial charge in [-0.3, -0.25) is 4.79 Å². The van der Waals surface area contributed by atoms with Gasteiger partial charge < -0.3 is 14.8 Å². The van der Waals surface area contributed by atoms with E-state index in [1.54, 1.807) is 31.4 Å². The highest BCUT2D eigenvalue weighted by molar-refractivity contribution is 5.94. The minimum Gasteiger partial charge on any atom is -0.497 e. The summed E-state index contributed by atoms with van der Waals surface area (Å²) in [4.78, 5) is 12.1. The van der Waals surface area contributed by atoms with Gasteiger partial charge in [0.1, 0.15) is 18.1 Å². The molecule has 4 heteroatoms. The summed E-state index contributed by atoms with van der Waals surface area (Å²) < 4.78 is 10.8. The molecule has 0 aliphatic heterocycles. The van der Waals surface area contributed by atoms with Crippen LogP contribution in [0.4, 0.5) is 0 Å². The molecule has 1 unspecified atom stereocenters. The van der Waals surface area contributed by atoms with E-state index in [1.165, 1.54) is 0 Å². The van der Waals surface area contributed by atoms with Gasteiger partial charge in [-0.1, -0.05) is 18.2 Å². The molecule has 22 heavy (non-hydrogen) atoms. The van der Waals surface area contributed by atoms with Crippen LogP contribution in [0.2, 0.25) is 0 Å². The van der Waals surface area contributed by atoms with Crippen molar-refractivity contribution in [2.75, 3.05) is 13.7 Å². The van der Waals surface area contributed by atoms with Crippen LogP contribution in [0, 0.1) is 6.92 Å². The number of benzene rings is 2. The Morgan fingerprint density at radius 3 is 2.45 bits per heavy atom. The Hall–Kier alpha value is -2.49. The van der Waals surface area contributed by atoms with Crippen molar-refractivity contribution in [1.29, 1.82) is 0 Å². The lowest BCUT2D eigenvalue weighted by Crippen LogP contribution is -2.36. The fourth-order valence-corrected chi connectivity index (χ4v) is 2.02. The molecule has 0 saturated heterocycles. The lowest BCUT2D eigenvalue weighted by molar-refractivity contribution is 0.0926. The van der Waals surface area contributed by atoms with Gasteiger partial charge in [0.25, 0.3) is 5.91 Å². The number of amides is 1. The summed E-state index contributed by atoms with van der Waals surface area (Å²) in [5.41, 5.74) is 1.68. The van der Waals surface area contributed by atoms with E-state index in [0.717, 1.165) is 17.1 Å². The Labute approximate surface area is 131 Å². The summed E-state index contributed by atoms with van der Waals surface area (Å²) in [6, 6.07) is 14.7. The normalized spacial score (nSPS) is 11.6. The molecular weight excluding hydrogens is 278 g/mol. The van der Waals surface area contributed by atoms with Gasteiger partial charge in [-0.25, -0.2) is 0 Å². The molecule has 0 bridgehead atoms. The number of methoxy groups -OCH3 is 1. The SMILES string of the molecule is COc1ccc(C(=O)NC(C)COc2ccccc2C)cc1. The fourth-order valence-electron chi connectivity index (χ4n) is 2.02. The summed E-state index contributed by atoms with van der Waals surface area (Å²) >= 11 is 0. The monoisotopic (exact) mass is 299 g/mol. The molecule has 4 nitrogen and oxygen atoms in total. The van der Waals surface area contributed by atoms with Crippen molar-refractivity contribution in [3.63, 3.8) is 0 Å². The predicted molar refractivity (Wildman–Crippen MR) is 86.6 cm³/mol. The molecule has 1 N–H and O–H groups in total. The number of ether oxygens (including phenoxy) is 2. The van der Waals surface area contributed by atoms with Gasteiger partial charge in [-0.2, -0.15) is 0 Å². The number of nitrogens with one attached hydrogen (secondary N) is 1. The molecule has 0 heterocycles. The van der Waals surface area contributed by atoms with Crippen LogP contribution in [-0.4, -0.2) is 25.7 Å². The van der Waals surface area contributed by atoms with E-state index in [9.17, 15) is 4.79 Å². The van der Waals surface area contributed by atoms with E-state index in [0.29, 0.717) is 12.2 Å². The first kappa shape index (κ1) is 15.9. The number of para-hydroxylation sites is 1. The van der Waals surface area contributed by atoms with Crippen molar-refractivity contribution in [3.8, 4) is 11.5 Å². The van der Waals surface area contributed by atoms with Crippen LogP contribution in [0.5, 0.6) is 11.5 Å². The molecule has 0 aliphatic rings. The molecular formula is C18H21NO3. The van der Waals surface area contributed by atoms with E-state index >= 15 is 0 Å². The first-order valence-electron chi connectivity index (χ1n) is 7.23. The van der Waals surface area contributed by atoms with E-state index in [1.807, 2.05) is 38.1 Å². The predicted octanol–water partition coefficient (Wildman–Crippen LogP) is 3.20. The third-order valence-electron chi connectivity index (χ3n) is 3.31. The zero-order chi connectivity index (χ0) is 15.9. The number of aryl methyl sites for hydroxylation is 1. The van der Waals surface area contributed by atoms with Crippen LogP contribution >= 0.6 is 0 Å². The molecule has 116 valence electrons. The van der Waals surface area contributed by atoms with Crippen molar-refractivity contribution in [1.82, 2.24) is 5.32 Å². The Bertz CT molecular complexity index is 622. The van der Waals surface area contributed by atoms with Crippen molar-refractivity contribution in [2.24, 2.45) is 0 Å². The molecule has 1 atom stereocenters. The standard InChI is InChI=1S/C18H21NO3/c1-13-6-4-5-7-17(13)22-12-14(2)19-18(20)15-8-10-16(21-3)11-9-15/h4-11,14H,12H2,1-3H3,(H,19,20). The zero-order valence-electron chi connectivity index (χ0n) is 13.1. The van der Waals surface area contributed by atoms with Gasteiger partial charge in [0, 0.05) is 5.56 Å². The summed E-state index contributed by atoms with van der Waals surface area (Å²) in [6.07, 6.45) is 0. The molecule has 2 aromatic carbocycles. The average molecular weight is 299 g/mol. The highest BCUT2D eigenvalue weighted by Crippen LogP contribution is 2.16. The highest BCUT2D eigenvalue weighted by Gasteiger charge is 2.11. The second-order valence-electron chi connectivity index (χ2n) is 5.18. The Kier molecular flexibility index (Phi) is 5.42. The van der Waals surface area contributed by atoms with E-state index < -0.39 is 0 Å². The van der Waals surface area contributed by atoms with Crippen LogP contribution in [0.3, 0.4) is 0 Å². The first-order chi connectivity index (χ1) is 10.6. The zero-order valence-corrected chi connectivity index (χ0v) is 13.1. The topological polar surface area (TPSA) is 47.6 Å². The van der Waals surface area contributed by atoms with Gasteiger partial charge in [0.05, 0.1) is 13.2 Å². The van der Waals surface area contributed by atoms with Crippen molar-refractivity contribution in [3.05, 3.63) is 59.7 Å². The number of hydrogen-bond acceptors (Lipinski definition) is 3. The minimum absolute atomic E-state index is 0.0887. The molecule has 0 saturated carbocycles. The van der Waals surface area contributed by atoms with E-state index in [2.05, 4.69) is 5.32 Å². The van der Waals surface area contributed by atoms with E-state index in [4.69, 9.17) is 9.47 Å². The number of carbonyl (C=O) groups excluding carboxylic acids is 1. The van der Waals surface area contributed by atoms with Crippen LogP contribution in [0.1, 0.15) is 22.8 Å². The van der Waals surface area contributed by atoms with Gasteiger partial charge in [0.15, 0.2) is 0 Å². The van der Waals surface area contributed by atoms with Crippen molar-refractivity contribution >= 4 is 5.91 Å². The maximum absolute atomic E-state index is 12.1. The van der Waals surface area contributed by atoms with Crippen LogP contribution < -0.4 is 14.8 Å². The molecule has 2 aromatic rings. The van der Waals surface area contributed by atoms with Crippen LogP contribution in [0.15, 0.2) is 48.5 Å². The van der Waals surface area contributed by atoms with Crippen LogP contribution in [0.25, 0.3) is 0 Å². The summed E-state index contributed by atoms with van der Waals surface area (Å²) in [5, 5.41) is 2.92. The molecule has 0 spiro atoms. The largest absolute Gasteiger partial charge is 0.497 e. The Morgan fingerprint density at radius 1 is 1.14 bits per heavy atom. The summed E-state index contributed by atoms with van der Waals surface area (Å²) in [5.74, 6) is 1.45. The number of rotatable bonds is 6. The quantitative estimate of drug-likeness (QED) is 0.891. The Morgan fingerprint density at radius 2 is 1.82 bits per heavy atom. The third-order valence-corrected chi connectivity index (χ3v) is 3.31. The summed E-state index contributed by atoms with van der Waals surface area (Å²) in [7, 11) is 1.60. The molecule has 1 amide bonds. The van der Waals surface area contributed by atoms with Gasteiger partial charge in [0.2, 0.25) is 0 Å². The molecule has 0 radical (unpaired) electrons. The second kappa shape index (κ2) is 7.50. The molecule has 2 rings (SSSR count).